The summed E-state index contributed by atoms with van der Waals surface area (Å²) in [5.41, 5.74) is 5.30. The lowest BCUT2D eigenvalue weighted by Gasteiger charge is -2.16. The van der Waals surface area contributed by atoms with E-state index in [2.05, 4.69) is 34.7 Å². The lowest BCUT2D eigenvalue weighted by atomic mass is 10.0. The predicted molar refractivity (Wildman–Crippen MR) is 84.9 cm³/mol. The molecule has 0 saturated carbocycles. The monoisotopic (exact) mass is 285 g/mol. The minimum Gasteiger partial charge on any atom is -0.492 e. The summed E-state index contributed by atoms with van der Waals surface area (Å²) in [6.07, 6.45) is 6.65. The van der Waals surface area contributed by atoms with Crippen molar-refractivity contribution in [3.8, 4) is 5.75 Å². The van der Waals surface area contributed by atoms with E-state index in [-0.39, 0.29) is 6.04 Å². The minimum atomic E-state index is 0.0987. The fourth-order valence-corrected chi connectivity index (χ4v) is 2.37. The Bertz CT molecular complexity index is 531. The standard InChI is InChI=1S/C17H23N3O/c1-2-21-16-11-15(12-19-13-16)17(20-18)10-6-9-14-7-4-3-5-8-14/h3-5,7-8,11-13,17,20H,2,6,9-10,18H2,1H3. The molecule has 0 aliphatic heterocycles. The summed E-state index contributed by atoms with van der Waals surface area (Å²) in [6, 6.07) is 12.6. The Morgan fingerprint density at radius 1 is 1.24 bits per heavy atom. The summed E-state index contributed by atoms with van der Waals surface area (Å²) in [7, 11) is 0. The Morgan fingerprint density at radius 2 is 2.05 bits per heavy atom. The molecular formula is C17H23N3O. The Kier molecular flexibility index (Phi) is 6.19. The van der Waals surface area contributed by atoms with Gasteiger partial charge < -0.3 is 4.74 Å². The van der Waals surface area contributed by atoms with Gasteiger partial charge in [0.1, 0.15) is 5.75 Å². The van der Waals surface area contributed by atoms with Crippen molar-refractivity contribution in [1.29, 1.82) is 0 Å². The quantitative estimate of drug-likeness (QED) is 0.578. The summed E-state index contributed by atoms with van der Waals surface area (Å²) in [5, 5.41) is 0. The van der Waals surface area contributed by atoms with Gasteiger partial charge in [-0.3, -0.25) is 16.3 Å². The first kappa shape index (κ1) is 15.5. The number of nitrogens with one attached hydrogen (secondary N) is 1. The zero-order valence-electron chi connectivity index (χ0n) is 12.5. The van der Waals surface area contributed by atoms with Crippen molar-refractivity contribution in [3.05, 3.63) is 59.9 Å². The molecule has 4 heteroatoms. The third-order valence-electron chi connectivity index (χ3n) is 3.45. The van der Waals surface area contributed by atoms with Crippen molar-refractivity contribution >= 4 is 0 Å². The molecule has 3 N–H and O–H groups in total. The average molecular weight is 285 g/mol. The molecule has 1 aromatic heterocycles. The van der Waals surface area contributed by atoms with E-state index in [4.69, 9.17) is 10.6 Å². The summed E-state index contributed by atoms with van der Waals surface area (Å²) < 4.78 is 5.48. The number of rotatable bonds is 8. The number of hydrazine groups is 1. The topological polar surface area (TPSA) is 60.2 Å². The van der Waals surface area contributed by atoms with E-state index >= 15 is 0 Å². The van der Waals surface area contributed by atoms with E-state index in [0.29, 0.717) is 6.61 Å². The smallest absolute Gasteiger partial charge is 0.137 e. The van der Waals surface area contributed by atoms with E-state index in [9.17, 15) is 0 Å². The number of pyridine rings is 1. The maximum absolute atomic E-state index is 5.69. The van der Waals surface area contributed by atoms with Gasteiger partial charge in [-0.15, -0.1) is 0 Å². The molecule has 0 radical (unpaired) electrons. The number of aryl methyl sites for hydroxylation is 1. The maximum Gasteiger partial charge on any atom is 0.137 e. The molecule has 2 aromatic rings. The number of hydrogen-bond acceptors (Lipinski definition) is 4. The third kappa shape index (κ3) is 4.85. The fourth-order valence-electron chi connectivity index (χ4n) is 2.37. The van der Waals surface area contributed by atoms with E-state index < -0.39 is 0 Å². The van der Waals surface area contributed by atoms with Crippen molar-refractivity contribution in [3.63, 3.8) is 0 Å². The Labute approximate surface area is 126 Å². The van der Waals surface area contributed by atoms with Crippen LogP contribution in [0.25, 0.3) is 0 Å². The van der Waals surface area contributed by atoms with Crippen molar-refractivity contribution in [1.82, 2.24) is 10.4 Å². The van der Waals surface area contributed by atoms with Gasteiger partial charge in [-0.2, -0.15) is 0 Å². The van der Waals surface area contributed by atoms with Gasteiger partial charge >= 0.3 is 0 Å². The number of ether oxygens (including phenoxy) is 1. The molecule has 0 amide bonds. The van der Waals surface area contributed by atoms with Gasteiger partial charge in [-0.25, -0.2) is 0 Å². The van der Waals surface area contributed by atoms with Crippen molar-refractivity contribution in [2.75, 3.05) is 6.61 Å². The number of nitrogens with two attached hydrogens (primary N) is 1. The van der Waals surface area contributed by atoms with Gasteiger partial charge in [0.15, 0.2) is 0 Å². The van der Waals surface area contributed by atoms with Crippen LogP contribution in [-0.2, 0) is 6.42 Å². The highest BCUT2D eigenvalue weighted by molar-refractivity contribution is 5.26. The minimum absolute atomic E-state index is 0.0987. The third-order valence-corrected chi connectivity index (χ3v) is 3.45. The zero-order valence-corrected chi connectivity index (χ0v) is 12.5. The lowest BCUT2D eigenvalue weighted by Crippen LogP contribution is -2.28. The largest absolute Gasteiger partial charge is 0.492 e. The van der Waals surface area contributed by atoms with Crippen LogP contribution < -0.4 is 16.0 Å². The molecule has 0 aliphatic rings. The van der Waals surface area contributed by atoms with Crippen LogP contribution in [0, 0.1) is 0 Å². The van der Waals surface area contributed by atoms with Crippen LogP contribution in [0.1, 0.15) is 36.9 Å². The molecule has 4 nitrogen and oxygen atoms in total. The molecule has 0 aliphatic carbocycles. The van der Waals surface area contributed by atoms with Crippen LogP contribution in [0.4, 0.5) is 0 Å². The van der Waals surface area contributed by atoms with Crippen LogP contribution >= 0.6 is 0 Å². The van der Waals surface area contributed by atoms with Crippen molar-refractivity contribution < 1.29 is 4.74 Å². The SMILES string of the molecule is CCOc1cncc(C(CCCc2ccccc2)NN)c1. The highest BCUT2D eigenvalue weighted by atomic mass is 16.5. The van der Waals surface area contributed by atoms with Crippen LogP contribution in [0.5, 0.6) is 5.75 Å². The molecule has 1 unspecified atom stereocenters. The first-order valence-corrected chi connectivity index (χ1v) is 7.41. The second-order valence-electron chi connectivity index (χ2n) is 4.98. The fraction of sp³-hybridized carbons (Fsp3) is 0.353. The van der Waals surface area contributed by atoms with Crippen LogP contribution in [0.2, 0.25) is 0 Å². The Balaban J connectivity index is 1.91. The molecule has 0 fully saturated rings. The summed E-state index contributed by atoms with van der Waals surface area (Å²) in [4.78, 5) is 4.22. The summed E-state index contributed by atoms with van der Waals surface area (Å²) in [5.74, 6) is 6.48. The van der Waals surface area contributed by atoms with Crippen molar-refractivity contribution in [2.45, 2.75) is 32.2 Å². The van der Waals surface area contributed by atoms with Gasteiger partial charge in [0.25, 0.3) is 0 Å². The normalized spacial score (nSPS) is 12.1. The average Bonchev–Trinajstić information content (AvgIpc) is 2.53. The van der Waals surface area contributed by atoms with Crippen LogP contribution in [0.3, 0.4) is 0 Å². The van der Waals surface area contributed by atoms with Gasteiger partial charge in [0.05, 0.1) is 12.8 Å². The highest BCUT2D eigenvalue weighted by Gasteiger charge is 2.11. The second-order valence-corrected chi connectivity index (χ2v) is 4.98. The molecule has 2 rings (SSSR count). The number of nitrogens with zero attached hydrogens (tertiary/aromatic N) is 1. The van der Waals surface area contributed by atoms with E-state index in [0.717, 1.165) is 30.6 Å². The Hall–Kier alpha value is -1.91. The van der Waals surface area contributed by atoms with Gasteiger partial charge in [-0.05, 0) is 43.4 Å². The second kappa shape index (κ2) is 8.39. The molecule has 0 bridgehead atoms. The highest BCUT2D eigenvalue weighted by Crippen LogP contribution is 2.22. The zero-order chi connectivity index (χ0) is 14.9. The number of aromatic nitrogens is 1. The molecule has 1 heterocycles. The van der Waals surface area contributed by atoms with E-state index in [1.165, 1.54) is 5.56 Å². The first-order chi connectivity index (χ1) is 10.3. The number of benzene rings is 1. The Morgan fingerprint density at radius 3 is 2.76 bits per heavy atom. The van der Waals surface area contributed by atoms with Crippen molar-refractivity contribution in [2.24, 2.45) is 5.84 Å². The van der Waals surface area contributed by atoms with E-state index in [1.807, 2.05) is 25.3 Å². The number of hydrogen-bond donors (Lipinski definition) is 2. The van der Waals surface area contributed by atoms with E-state index in [1.54, 1.807) is 6.20 Å². The lowest BCUT2D eigenvalue weighted by molar-refractivity contribution is 0.337. The van der Waals surface area contributed by atoms with Gasteiger partial charge in [-0.1, -0.05) is 30.3 Å². The molecule has 1 atom stereocenters. The first-order valence-electron chi connectivity index (χ1n) is 7.41. The van der Waals surface area contributed by atoms with Gasteiger partial charge in [0, 0.05) is 12.2 Å². The van der Waals surface area contributed by atoms with Crippen LogP contribution in [0.15, 0.2) is 48.8 Å². The molecule has 0 spiro atoms. The molecule has 112 valence electrons. The summed E-state index contributed by atoms with van der Waals surface area (Å²) in [6.45, 7) is 2.60. The van der Waals surface area contributed by atoms with Gasteiger partial charge in [0.2, 0.25) is 0 Å². The maximum atomic E-state index is 5.69. The van der Waals surface area contributed by atoms with Crippen LogP contribution in [-0.4, -0.2) is 11.6 Å². The molecule has 1 aromatic carbocycles. The summed E-state index contributed by atoms with van der Waals surface area (Å²) >= 11 is 0. The predicted octanol–water partition coefficient (Wildman–Crippen LogP) is 3.01. The molecule has 21 heavy (non-hydrogen) atoms. The molecular weight excluding hydrogens is 262 g/mol. The molecule has 0 saturated heterocycles.